The minimum Gasteiger partial charge on any atom is -0.423 e. The molecule has 1 saturated heterocycles. The smallest absolute Gasteiger partial charge is 0.234 e. The van der Waals surface area contributed by atoms with Crippen molar-refractivity contribution in [1.29, 1.82) is 5.26 Å². The molecule has 130 valence electrons. The van der Waals surface area contributed by atoms with Crippen LogP contribution in [0.2, 0.25) is 0 Å². The van der Waals surface area contributed by atoms with E-state index in [1.54, 1.807) is 0 Å². The van der Waals surface area contributed by atoms with E-state index >= 15 is 0 Å². The van der Waals surface area contributed by atoms with Gasteiger partial charge in [-0.15, -0.1) is 0 Å². The van der Waals surface area contributed by atoms with Crippen molar-refractivity contribution in [3.63, 3.8) is 0 Å². The largest absolute Gasteiger partial charge is 0.423 e. The monoisotopic (exact) mass is 339 g/mol. The zero-order valence-electron chi connectivity index (χ0n) is 14.3. The number of Topliss-reactive ketones (excluding diaryl/α,β-unsaturated/α-hetero) is 1. The summed E-state index contributed by atoms with van der Waals surface area (Å²) in [6, 6.07) is 5.88. The standard InChI is InChI=1S/C18H21N5O2/c1-21-6-2-3-15(21)16(24)12-22-7-9-23(10-8-22)18-14(11-19)20-17(25-18)13-4-5-13/h2-3,6,13H,4-5,7-10,12H2,1H3. The van der Waals surface area contributed by atoms with Crippen molar-refractivity contribution in [2.45, 2.75) is 18.8 Å². The molecule has 2 aromatic rings. The summed E-state index contributed by atoms with van der Waals surface area (Å²) in [4.78, 5) is 20.9. The summed E-state index contributed by atoms with van der Waals surface area (Å²) in [5, 5.41) is 9.31. The molecule has 0 radical (unpaired) electrons. The fourth-order valence-electron chi connectivity index (χ4n) is 3.26. The number of aryl methyl sites for hydroxylation is 1. The molecule has 1 aliphatic carbocycles. The van der Waals surface area contributed by atoms with Crippen LogP contribution in [0.15, 0.2) is 22.7 Å². The van der Waals surface area contributed by atoms with E-state index in [1.165, 1.54) is 0 Å². The van der Waals surface area contributed by atoms with Crippen molar-refractivity contribution in [2.24, 2.45) is 7.05 Å². The first kappa shape index (κ1) is 15.9. The first-order chi connectivity index (χ1) is 12.2. The SMILES string of the molecule is Cn1cccc1C(=O)CN1CCN(c2oc(C3CC3)nc2C#N)CC1. The highest BCUT2D eigenvalue weighted by Gasteiger charge is 2.32. The zero-order valence-corrected chi connectivity index (χ0v) is 14.3. The van der Waals surface area contributed by atoms with E-state index in [9.17, 15) is 10.1 Å². The van der Waals surface area contributed by atoms with Crippen molar-refractivity contribution < 1.29 is 9.21 Å². The molecule has 2 aliphatic rings. The van der Waals surface area contributed by atoms with E-state index in [4.69, 9.17) is 4.42 Å². The molecule has 1 aliphatic heterocycles. The van der Waals surface area contributed by atoms with E-state index in [2.05, 4.69) is 20.9 Å². The molecule has 7 heteroatoms. The van der Waals surface area contributed by atoms with Gasteiger partial charge in [-0.3, -0.25) is 9.69 Å². The molecule has 4 rings (SSSR count). The third kappa shape index (κ3) is 3.17. The van der Waals surface area contributed by atoms with E-state index in [0.717, 1.165) is 44.7 Å². The molecule has 0 atom stereocenters. The van der Waals surface area contributed by atoms with E-state index in [-0.39, 0.29) is 5.78 Å². The number of ketones is 1. The van der Waals surface area contributed by atoms with Gasteiger partial charge in [-0.05, 0) is 25.0 Å². The average molecular weight is 339 g/mol. The van der Waals surface area contributed by atoms with E-state index < -0.39 is 0 Å². The van der Waals surface area contributed by atoms with Crippen LogP contribution < -0.4 is 4.90 Å². The summed E-state index contributed by atoms with van der Waals surface area (Å²) in [6.45, 7) is 3.41. The topological polar surface area (TPSA) is 78.3 Å². The molecule has 0 spiro atoms. The Balaban J connectivity index is 1.38. The van der Waals surface area contributed by atoms with Gasteiger partial charge in [-0.25, -0.2) is 4.98 Å². The first-order valence-electron chi connectivity index (χ1n) is 8.68. The minimum absolute atomic E-state index is 0.134. The Bertz CT molecular complexity index is 819. The second-order valence-corrected chi connectivity index (χ2v) is 6.78. The highest BCUT2D eigenvalue weighted by atomic mass is 16.4. The van der Waals surface area contributed by atoms with Crippen molar-refractivity contribution in [2.75, 3.05) is 37.6 Å². The summed E-state index contributed by atoms with van der Waals surface area (Å²) in [7, 11) is 1.88. The fraction of sp³-hybridized carbons (Fsp3) is 0.500. The second-order valence-electron chi connectivity index (χ2n) is 6.78. The van der Waals surface area contributed by atoms with Crippen LogP contribution in [0.3, 0.4) is 0 Å². The quantitative estimate of drug-likeness (QED) is 0.773. The summed E-state index contributed by atoms with van der Waals surface area (Å²) in [6.07, 6.45) is 4.08. The highest BCUT2D eigenvalue weighted by Crippen LogP contribution is 2.41. The maximum atomic E-state index is 12.4. The molecule has 3 heterocycles. The van der Waals surface area contributed by atoms with Gasteiger partial charge in [0.05, 0.1) is 12.2 Å². The van der Waals surface area contributed by atoms with Crippen LogP contribution in [0, 0.1) is 11.3 Å². The van der Waals surface area contributed by atoms with Gasteiger partial charge in [-0.2, -0.15) is 5.26 Å². The van der Waals surface area contributed by atoms with Crippen LogP contribution in [0.25, 0.3) is 0 Å². The van der Waals surface area contributed by atoms with Crippen LogP contribution >= 0.6 is 0 Å². The predicted octanol–water partition coefficient (Wildman–Crippen LogP) is 1.77. The van der Waals surface area contributed by atoms with Crippen LogP contribution in [-0.2, 0) is 7.05 Å². The molecule has 0 bridgehead atoms. The number of nitrogens with zero attached hydrogens (tertiary/aromatic N) is 5. The van der Waals surface area contributed by atoms with Crippen LogP contribution in [-0.4, -0.2) is 53.0 Å². The van der Waals surface area contributed by atoms with Crippen molar-refractivity contribution >= 4 is 11.7 Å². The van der Waals surface area contributed by atoms with Crippen LogP contribution in [0.1, 0.15) is 40.8 Å². The number of carbonyl (C=O) groups is 1. The summed E-state index contributed by atoms with van der Waals surface area (Å²) < 4.78 is 7.72. The Labute approximate surface area is 146 Å². The van der Waals surface area contributed by atoms with Gasteiger partial charge in [-0.1, -0.05) is 0 Å². The van der Waals surface area contributed by atoms with Crippen molar-refractivity contribution in [3.8, 4) is 6.07 Å². The molecular weight excluding hydrogens is 318 g/mol. The molecular formula is C18H21N5O2. The van der Waals surface area contributed by atoms with Gasteiger partial charge in [0.1, 0.15) is 6.07 Å². The highest BCUT2D eigenvalue weighted by molar-refractivity contribution is 5.96. The van der Waals surface area contributed by atoms with Gasteiger partial charge in [0.2, 0.25) is 17.5 Å². The second kappa shape index (κ2) is 6.37. The Morgan fingerprint density at radius 2 is 2.12 bits per heavy atom. The maximum absolute atomic E-state index is 12.4. The minimum atomic E-state index is 0.134. The Hall–Kier alpha value is -2.59. The Morgan fingerprint density at radius 1 is 1.36 bits per heavy atom. The number of piperazine rings is 1. The van der Waals surface area contributed by atoms with E-state index in [0.29, 0.717) is 29.9 Å². The third-order valence-electron chi connectivity index (χ3n) is 4.91. The van der Waals surface area contributed by atoms with Crippen molar-refractivity contribution in [3.05, 3.63) is 35.6 Å². The van der Waals surface area contributed by atoms with Crippen LogP contribution in [0.4, 0.5) is 5.88 Å². The molecule has 25 heavy (non-hydrogen) atoms. The molecule has 2 aromatic heterocycles. The molecule has 0 N–H and O–H groups in total. The molecule has 0 unspecified atom stereocenters. The number of aromatic nitrogens is 2. The number of hydrogen-bond acceptors (Lipinski definition) is 6. The lowest BCUT2D eigenvalue weighted by Crippen LogP contribution is -2.48. The van der Waals surface area contributed by atoms with Crippen molar-refractivity contribution in [1.82, 2.24) is 14.5 Å². The number of hydrogen-bond donors (Lipinski definition) is 0. The third-order valence-corrected chi connectivity index (χ3v) is 4.91. The van der Waals surface area contributed by atoms with E-state index in [1.807, 2.05) is 29.9 Å². The number of carbonyl (C=O) groups excluding carboxylic acids is 1. The predicted molar refractivity (Wildman–Crippen MR) is 91.6 cm³/mol. The number of rotatable bonds is 5. The van der Waals surface area contributed by atoms with Gasteiger partial charge >= 0.3 is 0 Å². The summed E-state index contributed by atoms with van der Waals surface area (Å²) in [5.74, 6) is 1.82. The lowest BCUT2D eigenvalue weighted by atomic mass is 10.2. The molecule has 2 fully saturated rings. The Kier molecular flexibility index (Phi) is 4.06. The van der Waals surface area contributed by atoms with Gasteiger partial charge in [0.25, 0.3) is 0 Å². The average Bonchev–Trinajstić information content (AvgIpc) is 3.23. The molecule has 1 saturated carbocycles. The molecule has 0 aromatic carbocycles. The zero-order chi connectivity index (χ0) is 17.4. The molecule has 0 amide bonds. The first-order valence-corrected chi connectivity index (χ1v) is 8.68. The summed E-state index contributed by atoms with van der Waals surface area (Å²) in [5.41, 5.74) is 1.12. The fourth-order valence-corrected chi connectivity index (χ4v) is 3.26. The normalized spacial score (nSPS) is 18.3. The lowest BCUT2D eigenvalue weighted by molar-refractivity contribution is 0.0918. The van der Waals surface area contributed by atoms with Gasteiger partial charge < -0.3 is 13.9 Å². The summed E-state index contributed by atoms with van der Waals surface area (Å²) >= 11 is 0. The Morgan fingerprint density at radius 3 is 2.72 bits per heavy atom. The number of oxazole rings is 1. The number of nitriles is 1. The van der Waals surface area contributed by atoms with Gasteiger partial charge in [0, 0.05) is 45.3 Å². The molecule has 7 nitrogen and oxygen atoms in total. The van der Waals surface area contributed by atoms with Gasteiger partial charge in [0.15, 0.2) is 5.78 Å². The number of anilines is 1. The van der Waals surface area contributed by atoms with Crippen LogP contribution in [0.5, 0.6) is 0 Å². The lowest BCUT2D eigenvalue weighted by Gasteiger charge is -2.34. The maximum Gasteiger partial charge on any atom is 0.234 e.